The molecule has 9 nitrogen and oxygen atoms in total. The number of esters is 2. The van der Waals surface area contributed by atoms with Gasteiger partial charge >= 0.3 is 19.8 Å². The highest BCUT2D eigenvalue weighted by molar-refractivity contribution is 7.47. The van der Waals surface area contributed by atoms with E-state index in [0.717, 1.165) is 116 Å². The number of carbonyl (C=O) groups excluding carboxylic acids is 2. The van der Waals surface area contributed by atoms with Crippen LogP contribution < -0.4 is 0 Å². The lowest BCUT2D eigenvalue weighted by atomic mass is 10.1. The van der Waals surface area contributed by atoms with E-state index in [2.05, 4.69) is 160 Å². The molecule has 0 bridgehead atoms. The summed E-state index contributed by atoms with van der Waals surface area (Å²) in [6.45, 7) is 4.11. The number of quaternary nitrogens is 1. The van der Waals surface area contributed by atoms with E-state index in [4.69, 9.17) is 18.5 Å². The minimum absolute atomic E-state index is 0.0135. The zero-order chi connectivity index (χ0) is 52.7. The van der Waals surface area contributed by atoms with E-state index in [-0.39, 0.29) is 26.1 Å². The first-order valence-electron chi connectivity index (χ1n) is 27.6. The highest BCUT2D eigenvalue weighted by Crippen LogP contribution is 2.43. The molecule has 0 heterocycles. The molecule has 0 amide bonds. The van der Waals surface area contributed by atoms with Crippen molar-refractivity contribution in [2.45, 2.75) is 187 Å². The highest BCUT2D eigenvalue weighted by Gasteiger charge is 2.27. The topological polar surface area (TPSA) is 108 Å². The first-order chi connectivity index (χ1) is 35.0. The quantitative estimate of drug-likeness (QED) is 0.0211. The van der Waals surface area contributed by atoms with Gasteiger partial charge in [0.15, 0.2) is 6.10 Å². The molecule has 0 spiro atoms. The molecule has 0 aromatic heterocycles. The third kappa shape index (κ3) is 55.2. The Balaban J connectivity index is 4.34. The molecule has 0 radical (unpaired) electrons. The molecule has 0 saturated carbocycles. The van der Waals surface area contributed by atoms with Gasteiger partial charge in [0.2, 0.25) is 0 Å². The standard InChI is InChI=1S/C62H100NO8P/c1-6-8-10-12-14-16-18-20-22-24-26-28-29-30-31-32-33-35-37-39-41-43-45-47-49-51-53-55-62(65)71-60(59-70-72(66,67)69-57-56-63(3,4)5)58-68-61(64)54-52-50-48-46-44-42-40-38-36-34-27-25-23-21-19-17-15-13-11-9-7-2/h8-11,14-17,20-23,26-28,30-31,33-35,38,40,44,46,60H,6-7,12-13,18-19,24-25,29,32,36-37,39,41-43,45,47-59H2,1-5H3/p+1/b10-8-,11-9-,16-14-,17-15-,22-20-,23-21-,28-26-,31-30-,34-27-,35-33-,40-38-,46-44-. The second kappa shape index (κ2) is 51.8. The summed E-state index contributed by atoms with van der Waals surface area (Å²) in [6.07, 6.45) is 76.2. The summed E-state index contributed by atoms with van der Waals surface area (Å²) in [6, 6.07) is 0. The number of likely N-dealkylation sites (N-methyl/N-ethyl adjacent to an activating group) is 1. The lowest BCUT2D eigenvalue weighted by Crippen LogP contribution is -2.37. The van der Waals surface area contributed by atoms with Gasteiger partial charge < -0.3 is 18.9 Å². The molecule has 0 fully saturated rings. The SMILES string of the molecule is CC/C=C\C/C=C\C/C=C\C/C=C\C/C=C\C/C=C\CCCCCCCCCCC(=O)OC(COC(=O)CCCC/C=C\C/C=C\C/C=C\C/C=C\C/C=C\C/C=C\CC)COP(=O)(O)OCC[N+](C)(C)C. The van der Waals surface area contributed by atoms with Crippen molar-refractivity contribution in [1.82, 2.24) is 0 Å². The number of unbranched alkanes of at least 4 members (excludes halogenated alkanes) is 10. The molecule has 0 aliphatic rings. The van der Waals surface area contributed by atoms with Crippen LogP contribution in [-0.2, 0) is 32.7 Å². The molecule has 72 heavy (non-hydrogen) atoms. The molecule has 0 rings (SSSR count). The molecular weight excluding hydrogens is 918 g/mol. The predicted molar refractivity (Wildman–Crippen MR) is 307 cm³/mol. The highest BCUT2D eigenvalue weighted by atomic mass is 31.2. The first-order valence-corrected chi connectivity index (χ1v) is 29.1. The smallest absolute Gasteiger partial charge is 0.462 e. The van der Waals surface area contributed by atoms with E-state index in [1.54, 1.807) is 0 Å². The molecule has 2 unspecified atom stereocenters. The number of hydrogen-bond donors (Lipinski definition) is 1. The Labute approximate surface area is 440 Å². The normalized spacial score (nSPS) is 14.5. The average Bonchev–Trinajstić information content (AvgIpc) is 3.34. The number of phosphoric acid groups is 1. The maximum absolute atomic E-state index is 12.8. The van der Waals surface area contributed by atoms with Gasteiger partial charge in [0.1, 0.15) is 19.8 Å². The Kier molecular flexibility index (Phi) is 48.8. The number of hydrogen-bond acceptors (Lipinski definition) is 7. The number of carbonyl (C=O) groups is 2. The Morgan fingerprint density at radius 2 is 0.750 bits per heavy atom. The molecule has 0 aliphatic heterocycles. The molecule has 0 aliphatic carbocycles. The number of ether oxygens (including phenoxy) is 2. The second-order valence-corrected chi connectivity index (χ2v) is 20.3. The number of nitrogens with zero attached hydrogens (tertiary/aromatic N) is 1. The van der Waals surface area contributed by atoms with Crippen LogP contribution in [0.25, 0.3) is 0 Å². The summed E-state index contributed by atoms with van der Waals surface area (Å²) in [5, 5.41) is 0. The Bertz CT molecular complexity index is 1720. The molecule has 10 heteroatoms. The van der Waals surface area contributed by atoms with Crippen molar-refractivity contribution >= 4 is 19.8 Å². The van der Waals surface area contributed by atoms with Crippen molar-refractivity contribution in [2.24, 2.45) is 0 Å². The minimum atomic E-state index is -4.41. The molecule has 0 saturated heterocycles. The van der Waals surface area contributed by atoms with Crippen LogP contribution in [-0.4, -0.2) is 74.9 Å². The monoisotopic (exact) mass is 1020 g/mol. The van der Waals surface area contributed by atoms with Crippen LogP contribution >= 0.6 is 7.82 Å². The van der Waals surface area contributed by atoms with E-state index in [9.17, 15) is 19.0 Å². The van der Waals surface area contributed by atoms with Gasteiger partial charge in [-0.15, -0.1) is 0 Å². The summed E-state index contributed by atoms with van der Waals surface area (Å²) in [7, 11) is 1.42. The van der Waals surface area contributed by atoms with Crippen molar-refractivity contribution in [3.05, 3.63) is 146 Å². The van der Waals surface area contributed by atoms with E-state index in [1.165, 1.54) is 25.7 Å². The predicted octanol–water partition coefficient (Wildman–Crippen LogP) is 17.1. The maximum atomic E-state index is 12.8. The van der Waals surface area contributed by atoms with Gasteiger partial charge in [-0.25, -0.2) is 4.57 Å². The van der Waals surface area contributed by atoms with Crippen LogP contribution in [0.4, 0.5) is 0 Å². The van der Waals surface area contributed by atoms with Gasteiger partial charge in [0.05, 0.1) is 27.7 Å². The fourth-order valence-corrected chi connectivity index (χ4v) is 7.41. The van der Waals surface area contributed by atoms with E-state index in [0.29, 0.717) is 23.9 Å². The summed E-state index contributed by atoms with van der Waals surface area (Å²) in [5.74, 6) is -0.872. The van der Waals surface area contributed by atoms with Crippen molar-refractivity contribution < 1.29 is 42.1 Å². The first kappa shape index (κ1) is 67.9. The fraction of sp³-hybridized carbons (Fsp3) is 0.581. The van der Waals surface area contributed by atoms with E-state index in [1.807, 2.05) is 21.1 Å². The van der Waals surface area contributed by atoms with Gasteiger partial charge in [-0.05, 0) is 116 Å². The number of allylic oxidation sites excluding steroid dienone is 24. The number of phosphoric ester groups is 1. The molecule has 406 valence electrons. The molecule has 1 N–H and O–H groups in total. The Hall–Kier alpha value is -4.11. The largest absolute Gasteiger partial charge is 0.472 e. The summed E-state index contributed by atoms with van der Waals surface area (Å²) < 4.78 is 34.5. The van der Waals surface area contributed by atoms with Crippen LogP contribution in [0.5, 0.6) is 0 Å². The summed E-state index contributed by atoms with van der Waals surface area (Å²) in [5.41, 5.74) is 0. The average molecular weight is 1020 g/mol. The van der Waals surface area contributed by atoms with Crippen molar-refractivity contribution in [2.75, 3.05) is 47.5 Å². The summed E-state index contributed by atoms with van der Waals surface area (Å²) >= 11 is 0. The van der Waals surface area contributed by atoms with Gasteiger partial charge in [-0.2, -0.15) is 0 Å². The van der Waals surface area contributed by atoms with Gasteiger partial charge in [-0.1, -0.05) is 198 Å². The van der Waals surface area contributed by atoms with Gasteiger partial charge in [0.25, 0.3) is 0 Å². The third-order valence-electron chi connectivity index (χ3n) is 10.9. The molecule has 2 atom stereocenters. The maximum Gasteiger partial charge on any atom is 0.472 e. The zero-order valence-corrected chi connectivity index (χ0v) is 46.7. The van der Waals surface area contributed by atoms with Crippen LogP contribution in [0.2, 0.25) is 0 Å². The zero-order valence-electron chi connectivity index (χ0n) is 45.8. The van der Waals surface area contributed by atoms with Crippen LogP contribution in [0.3, 0.4) is 0 Å². The van der Waals surface area contributed by atoms with Crippen LogP contribution in [0.15, 0.2) is 146 Å². The van der Waals surface area contributed by atoms with E-state index < -0.39 is 32.5 Å². The van der Waals surface area contributed by atoms with E-state index >= 15 is 0 Å². The molecule has 0 aromatic carbocycles. The van der Waals surface area contributed by atoms with Gasteiger partial charge in [0, 0.05) is 12.8 Å². The fourth-order valence-electron chi connectivity index (χ4n) is 6.67. The third-order valence-corrected chi connectivity index (χ3v) is 11.8. The van der Waals surface area contributed by atoms with Crippen molar-refractivity contribution in [3.8, 4) is 0 Å². The molecular formula is C62H101NO8P+. The molecule has 0 aromatic rings. The lowest BCUT2D eigenvalue weighted by Gasteiger charge is -2.24. The Morgan fingerprint density at radius 3 is 1.14 bits per heavy atom. The van der Waals surface area contributed by atoms with Gasteiger partial charge in [-0.3, -0.25) is 18.6 Å². The second-order valence-electron chi connectivity index (χ2n) is 18.8. The Morgan fingerprint density at radius 1 is 0.431 bits per heavy atom. The summed E-state index contributed by atoms with van der Waals surface area (Å²) in [4.78, 5) is 35.6. The van der Waals surface area contributed by atoms with Crippen LogP contribution in [0.1, 0.15) is 181 Å². The van der Waals surface area contributed by atoms with Crippen molar-refractivity contribution in [3.63, 3.8) is 0 Å². The minimum Gasteiger partial charge on any atom is -0.462 e. The number of rotatable bonds is 48. The lowest BCUT2D eigenvalue weighted by molar-refractivity contribution is -0.870. The van der Waals surface area contributed by atoms with Crippen molar-refractivity contribution in [1.29, 1.82) is 0 Å². The van der Waals surface area contributed by atoms with Crippen LogP contribution in [0, 0.1) is 0 Å².